The molecule has 1 aliphatic heterocycles. The van der Waals surface area contributed by atoms with E-state index in [9.17, 15) is 4.79 Å². The smallest absolute Gasteiger partial charge is 0.303 e. The number of rotatable bonds is 6. The molecule has 2 aromatic rings. The highest BCUT2D eigenvalue weighted by Crippen LogP contribution is 2.27. The van der Waals surface area contributed by atoms with Crippen LogP contribution in [-0.2, 0) is 11.3 Å². The maximum atomic E-state index is 10.8. The second kappa shape index (κ2) is 7.77. The molecule has 1 aromatic heterocycles. The molecule has 1 saturated heterocycles. The van der Waals surface area contributed by atoms with Gasteiger partial charge in [0.15, 0.2) is 0 Å². The highest BCUT2D eigenvalue weighted by Gasteiger charge is 2.21. The minimum Gasteiger partial charge on any atom is -0.497 e. The summed E-state index contributed by atoms with van der Waals surface area (Å²) in [5.41, 5.74) is 2.19. The van der Waals surface area contributed by atoms with E-state index >= 15 is 0 Å². The van der Waals surface area contributed by atoms with Crippen molar-refractivity contribution in [3.63, 3.8) is 0 Å². The van der Waals surface area contributed by atoms with Gasteiger partial charge in [-0.3, -0.25) is 9.69 Å². The van der Waals surface area contributed by atoms with Crippen molar-refractivity contribution in [2.75, 3.05) is 20.2 Å². The summed E-state index contributed by atoms with van der Waals surface area (Å²) in [5.74, 6) is 0.487. The lowest BCUT2D eigenvalue weighted by Crippen LogP contribution is -2.34. The van der Waals surface area contributed by atoms with Crippen LogP contribution in [0.25, 0.3) is 10.6 Å². The van der Waals surface area contributed by atoms with E-state index in [-0.39, 0.29) is 0 Å². The molecule has 5 nitrogen and oxygen atoms in total. The van der Waals surface area contributed by atoms with Gasteiger partial charge in [-0.1, -0.05) is 0 Å². The maximum Gasteiger partial charge on any atom is 0.303 e. The van der Waals surface area contributed by atoms with Crippen LogP contribution in [0.15, 0.2) is 29.6 Å². The Morgan fingerprint density at radius 2 is 2.04 bits per heavy atom. The number of ether oxygens (including phenoxy) is 1. The van der Waals surface area contributed by atoms with Crippen LogP contribution in [-0.4, -0.2) is 41.2 Å². The van der Waals surface area contributed by atoms with E-state index < -0.39 is 5.97 Å². The number of benzene rings is 1. The molecule has 0 bridgehead atoms. The normalized spacial score (nSPS) is 16.2. The van der Waals surface area contributed by atoms with Crippen LogP contribution in [0.4, 0.5) is 0 Å². The Kier molecular flexibility index (Phi) is 5.48. The third-order valence-electron chi connectivity index (χ3n) is 4.44. The number of carboxylic acid groups (broad SMARTS) is 1. The molecule has 0 aliphatic carbocycles. The molecule has 0 atom stereocenters. The molecule has 0 amide bonds. The minimum absolute atomic E-state index is 0.298. The Hall–Kier alpha value is -1.92. The molecule has 3 rings (SSSR count). The average molecular weight is 346 g/mol. The predicted octanol–water partition coefficient (Wildman–Crippen LogP) is 3.51. The SMILES string of the molecule is COc1ccc(-c2nc(CN3CCC(CC(=O)O)CC3)cs2)cc1. The van der Waals surface area contributed by atoms with Gasteiger partial charge in [-0.05, 0) is 56.1 Å². The van der Waals surface area contributed by atoms with E-state index in [0.717, 1.165) is 54.5 Å². The van der Waals surface area contributed by atoms with Gasteiger partial charge in [-0.25, -0.2) is 4.98 Å². The lowest BCUT2D eigenvalue weighted by atomic mass is 9.93. The zero-order chi connectivity index (χ0) is 16.9. The van der Waals surface area contributed by atoms with Gasteiger partial charge in [0.1, 0.15) is 10.8 Å². The Labute approximate surface area is 145 Å². The summed E-state index contributed by atoms with van der Waals surface area (Å²) in [6, 6.07) is 7.95. The van der Waals surface area contributed by atoms with Gasteiger partial charge in [0.2, 0.25) is 0 Å². The molecule has 1 aliphatic rings. The maximum absolute atomic E-state index is 10.8. The summed E-state index contributed by atoms with van der Waals surface area (Å²) in [6.45, 7) is 2.74. The standard InChI is InChI=1S/C18H22N2O3S/c1-23-16-4-2-14(3-5-16)18-19-15(12-24-18)11-20-8-6-13(7-9-20)10-17(21)22/h2-5,12-13H,6-11H2,1H3,(H,21,22). The van der Waals surface area contributed by atoms with Crippen molar-refractivity contribution in [2.24, 2.45) is 5.92 Å². The van der Waals surface area contributed by atoms with Crippen LogP contribution in [0.5, 0.6) is 5.75 Å². The first-order valence-corrected chi connectivity index (χ1v) is 9.05. The number of thiazole rings is 1. The number of hydrogen-bond acceptors (Lipinski definition) is 5. The third kappa shape index (κ3) is 4.33. The van der Waals surface area contributed by atoms with Crippen LogP contribution >= 0.6 is 11.3 Å². The molecule has 24 heavy (non-hydrogen) atoms. The van der Waals surface area contributed by atoms with E-state index in [1.165, 1.54) is 0 Å². The van der Waals surface area contributed by atoms with Crippen molar-refractivity contribution >= 4 is 17.3 Å². The molecule has 0 unspecified atom stereocenters. The summed E-state index contributed by atoms with van der Waals surface area (Å²) >= 11 is 1.66. The number of likely N-dealkylation sites (tertiary alicyclic amines) is 1. The van der Waals surface area contributed by atoms with Gasteiger partial charge in [0.05, 0.1) is 12.8 Å². The fourth-order valence-corrected chi connectivity index (χ4v) is 3.89. The molecule has 0 radical (unpaired) electrons. The van der Waals surface area contributed by atoms with Crippen molar-refractivity contribution in [1.29, 1.82) is 0 Å². The first-order valence-electron chi connectivity index (χ1n) is 8.17. The summed E-state index contributed by atoms with van der Waals surface area (Å²) in [4.78, 5) is 17.9. The number of nitrogens with zero attached hydrogens (tertiary/aromatic N) is 2. The van der Waals surface area contributed by atoms with Crippen LogP contribution in [0.3, 0.4) is 0 Å². The van der Waals surface area contributed by atoms with Gasteiger partial charge in [-0.2, -0.15) is 0 Å². The Morgan fingerprint density at radius 3 is 2.67 bits per heavy atom. The summed E-state index contributed by atoms with van der Waals surface area (Å²) < 4.78 is 5.18. The van der Waals surface area contributed by atoms with Crippen molar-refractivity contribution in [1.82, 2.24) is 9.88 Å². The van der Waals surface area contributed by atoms with Gasteiger partial charge in [-0.15, -0.1) is 11.3 Å². The van der Waals surface area contributed by atoms with Crippen LogP contribution in [0, 0.1) is 5.92 Å². The molecule has 6 heteroatoms. The zero-order valence-electron chi connectivity index (χ0n) is 13.8. The molecule has 0 saturated carbocycles. The van der Waals surface area contributed by atoms with Crippen molar-refractivity contribution < 1.29 is 14.6 Å². The van der Waals surface area contributed by atoms with Crippen molar-refractivity contribution in [3.8, 4) is 16.3 Å². The van der Waals surface area contributed by atoms with Crippen molar-refractivity contribution in [2.45, 2.75) is 25.8 Å². The molecule has 128 valence electrons. The van der Waals surface area contributed by atoms with E-state index in [0.29, 0.717) is 12.3 Å². The topological polar surface area (TPSA) is 62.7 Å². The summed E-state index contributed by atoms with van der Waals surface area (Å²) in [6.07, 6.45) is 2.22. The minimum atomic E-state index is -0.683. The van der Waals surface area contributed by atoms with Crippen LogP contribution in [0.1, 0.15) is 25.0 Å². The first-order chi connectivity index (χ1) is 11.6. The largest absolute Gasteiger partial charge is 0.497 e. The number of hydrogen-bond donors (Lipinski definition) is 1. The molecule has 2 heterocycles. The van der Waals surface area contributed by atoms with Gasteiger partial charge < -0.3 is 9.84 Å². The lowest BCUT2D eigenvalue weighted by Gasteiger charge is -2.30. The zero-order valence-corrected chi connectivity index (χ0v) is 14.6. The number of carbonyl (C=O) groups is 1. The number of aliphatic carboxylic acids is 1. The molecular formula is C18H22N2O3S. The van der Waals surface area contributed by atoms with E-state index in [1.807, 2.05) is 24.3 Å². The average Bonchev–Trinajstić information content (AvgIpc) is 3.05. The molecular weight excluding hydrogens is 324 g/mol. The lowest BCUT2D eigenvalue weighted by molar-refractivity contribution is -0.138. The van der Waals surface area contributed by atoms with Crippen LogP contribution in [0.2, 0.25) is 0 Å². The Bertz CT molecular complexity index is 676. The predicted molar refractivity (Wildman–Crippen MR) is 94.4 cm³/mol. The molecule has 0 spiro atoms. The second-order valence-electron chi connectivity index (χ2n) is 6.19. The number of piperidine rings is 1. The second-order valence-corrected chi connectivity index (χ2v) is 7.05. The third-order valence-corrected chi connectivity index (χ3v) is 5.38. The number of carboxylic acids is 1. The Balaban J connectivity index is 1.55. The molecule has 1 N–H and O–H groups in total. The monoisotopic (exact) mass is 346 g/mol. The summed E-state index contributed by atoms with van der Waals surface area (Å²) in [5, 5.41) is 12.0. The number of aromatic nitrogens is 1. The van der Waals surface area contributed by atoms with Crippen LogP contribution < -0.4 is 4.74 Å². The highest BCUT2D eigenvalue weighted by molar-refractivity contribution is 7.13. The Morgan fingerprint density at radius 1 is 1.33 bits per heavy atom. The van der Waals surface area contributed by atoms with Gasteiger partial charge in [0.25, 0.3) is 0 Å². The summed E-state index contributed by atoms with van der Waals surface area (Å²) in [7, 11) is 1.66. The van der Waals surface area contributed by atoms with Gasteiger partial charge >= 0.3 is 5.97 Å². The van der Waals surface area contributed by atoms with Gasteiger partial charge in [0, 0.05) is 23.9 Å². The highest BCUT2D eigenvalue weighted by atomic mass is 32.1. The van der Waals surface area contributed by atoms with E-state index in [2.05, 4.69) is 10.3 Å². The quantitative estimate of drug-likeness (QED) is 0.867. The van der Waals surface area contributed by atoms with E-state index in [1.54, 1.807) is 18.4 Å². The molecule has 1 aromatic carbocycles. The van der Waals surface area contributed by atoms with Crippen molar-refractivity contribution in [3.05, 3.63) is 35.3 Å². The first kappa shape index (κ1) is 16.9. The fourth-order valence-electron chi connectivity index (χ4n) is 3.07. The fraction of sp³-hybridized carbons (Fsp3) is 0.444. The molecule has 1 fully saturated rings. The number of methoxy groups -OCH3 is 1. The van der Waals surface area contributed by atoms with E-state index in [4.69, 9.17) is 14.8 Å².